The average molecular weight is 280 g/mol. The van der Waals surface area contributed by atoms with Gasteiger partial charge in [-0.3, -0.25) is 0 Å². The maximum absolute atomic E-state index is 3.48. The van der Waals surface area contributed by atoms with Crippen LogP contribution in [0.4, 0.5) is 0 Å². The van der Waals surface area contributed by atoms with Gasteiger partial charge >= 0.3 is 0 Å². The third-order valence-electron chi connectivity index (χ3n) is 5.64. The molecule has 0 aromatic rings. The Morgan fingerprint density at radius 2 is 1.85 bits per heavy atom. The molecule has 0 amide bonds. The van der Waals surface area contributed by atoms with Crippen LogP contribution in [0.5, 0.6) is 0 Å². The summed E-state index contributed by atoms with van der Waals surface area (Å²) in [5.41, 5.74) is 0.538. The summed E-state index contributed by atoms with van der Waals surface area (Å²) in [6.45, 7) is 6.28. The molecule has 2 atom stereocenters. The molecule has 0 aromatic heterocycles. The Bertz CT molecular complexity index is 269. The Balaban J connectivity index is 1.86. The van der Waals surface area contributed by atoms with Crippen LogP contribution < -0.4 is 5.32 Å². The van der Waals surface area contributed by atoms with Gasteiger partial charge in [-0.25, -0.2) is 0 Å². The van der Waals surface area contributed by atoms with Crippen molar-refractivity contribution in [2.45, 2.75) is 64.7 Å². The van der Waals surface area contributed by atoms with Gasteiger partial charge in [-0.1, -0.05) is 39.0 Å². The fourth-order valence-electron chi connectivity index (χ4n) is 4.95. The van der Waals surface area contributed by atoms with Crippen LogP contribution in [0.15, 0.2) is 0 Å². The molecule has 0 aliphatic heterocycles. The predicted octanol–water partition coefficient (Wildman–Crippen LogP) is 3.91. The lowest BCUT2D eigenvalue weighted by Gasteiger charge is -2.43. The molecule has 0 bridgehead atoms. The van der Waals surface area contributed by atoms with E-state index in [-0.39, 0.29) is 0 Å². The smallest absolute Gasteiger partial charge is 0.00473 e. The monoisotopic (exact) mass is 280 g/mol. The van der Waals surface area contributed by atoms with Gasteiger partial charge in [-0.05, 0) is 57.0 Å². The molecule has 0 radical (unpaired) electrons. The molecule has 0 spiro atoms. The summed E-state index contributed by atoms with van der Waals surface area (Å²) in [5.74, 6) is 1.89. The molecular formula is C18H36N2. The van der Waals surface area contributed by atoms with Crippen LogP contribution in [-0.2, 0) is 0 Å². The van der Waals surface area contributed by atoms with Gasteiger partial charge in [0.25, 0.3) is 0 Å². The molecule has 2 unspecified atom stereocenters. The summed E-state index contributed by atoms with van der Waals surface area (Å²) in [4.78, 5) is 2.66. The summed E-state index contributed by atoms with van der Waals surface area (Å²) in [6.07, 6.45) is 13.1. The Morgan fingerprint density at radius 3 is 2.50 bits per heavy atom. The molecule has 2 saturated carbocycles. The number of hydrogen-bond acceptors (Lipinski definition) is 2. The van der Waals surface area contributed by atoms with Gasteiger partial charge in [0.15, 0.2) is 0 Å². The largest absolute Gasteiger partial charge is 0.319 e. The minimum absolute atomic E-state index is 0.538. The molecule has 0 aromatic carbocycles. The first kappa shape index (κ1) is 16.3. The van der Waals surface area contributed by atoms with Crippen molar-refractivity contribution < 1.29 is 0 Å². The van der Waals surface area contributed by atoms with Crippen LogP contribution in [0.1, 0.15) is 64.7 Å². The van der Waals surface area contributed by atoms with Crippen LogP contribution in [0, 0.1) is 17.3 Å². The van der Waals surface area contributed by atoms with Gasteiger partial charge in [0.05, 0.1) is 0 Å². The van der Waals surface area contributed by atoms with E-state index in [0.29, 0.717) is 5.41 Å². The highest BCUT2D eigenvalue weighted by molar-refractivity contribution is 4.89. The van der Waals surface area contributed by atoms with E-state index < -0.39 is 0 Å². The fourth-order valence-corrected chi connectivity index (χ4v) is 4.95. The lowest BCUT2D eigenvalue weighted by Crippen LogP contribution is -2.46. The lowest BCUT2D eigenvalue weighted by molar-refractivity contribution is 0.0830. The van der Waals surface area contributed by atoms with Gasteiger partial charge in [0.1, 0.15) is 0 Å². The second kappa shape index (κ2) is 7.79. The maximum atomic E-state index is 3.48. The molecule has 0 saturated heterocycles. The minimum atomic E-state index is 0.538. The SMILES string of the molecule is CNCC1(CN(C)CC2CCCCC2)CCCC(C)C1. The average Bonchev–Trinajstić information content (AvgIpc) is 2.39. The second-order valence-corrected chi connectivity index (χ2v) is 7.93. The van der Waals surface area contributed by atoms with Crippen molar-refractivity contribution in [3.8, 4) is 0 Å². The standard InChI is InChI=1S/C18H36N2/c1-16-8-7-11-18(12-16,14-19-2)15-20(3)13-17-9-5-4-6-10-17/h16-17,19H,4-15H2,1-3H3. The van der Waals surface area contributed by atoms with E-state index in [9.17, 15) is 0 Å². The third kappa shape index (κ3) is 4.73. The molecule has 1 N–H and O–H groups in total. The number of rotatable bonds is 6. The number of nitrogens with one attached hydrogen (secondary N) is 1. The minimum Gasteiger partial charge on any atom is -0.319 e. The first-order chi connectivity index (χ1) is 9.63. The molecule has 2 rings (SSSR count). The van der Waals surface area contributed by atoms with Crippen molar-refractivity contribution in [3.63, 3.8) is 0 Å². The van der Waals surface area contributed by atoms with Crippen molar-refractivity contribution in [3.05, 3.63) is 0 Å². The highest BCUT2D eigenvalue weighted by Crippen LogP contribution is 2.39. The zero-order valence-electron chi connectivity index (χ0n) is 14.1. The fraction of sp³-hybridized carbons (Fsp3) is 1.00. The van der Waals surface area contributed by atoms with Crippen molar-refractivity contribution in [2.75, 3.05) is 33.7 Å². The van der Waals surface area contributed by atoms with E-state index in [4.69, 9.17) is 0 Å². The Hall–Kier alpha value is -0.0800. The van der Waals surface area contributed by atoms with Crippen molar-refractivity contribution >= 4 is 0 Å². The Kier molecular flexibility index (Phi) is 6.35. The highest BCUT2D eigenvalue weighted by Gasteiger charge is 2.35. The topological polar surface area (TPSA) is 15.3 Å². The molecule has 0 heterocycles. The maximum Gasteiger partial charge on any atom is 0.00473 e. The molecule has 2 nitrogen and oxygen atoms in total. The van der Waals surface area contributed by atoms with E-state index in [2.05, 4.69) is 31.2 Å². The molecule has 2 aliphatic carbocycles. The first-order valence-corrected chi connectivity index (χ1v) is 8.97. The molecule has 118 valence electrons. The lowest BCUT2D eigenvalue weighted by atomic mass is 9.69. The van der Waals surface area contributed by atoms with Crippen LogP contribution >= 0.6 is 0 Å². The second-order valence-electron chi connectivity index (χ2n) is 7.93. The van der Waals surface area contributed by atoms with Gasteiger partial charge in [0, 0.05) is 19.6 Å². The van der Waals surface area contributed by atoms with E-state index >= 15 is 0 Å². The van der Waals surface area contributed by atoms with Crippen LogP contribution in [0.3, 0.4) is 0 Å². The summed E-state index contributed by atoms with van der Waals surface area (Å²) in [6, 6.07) is 0. The van der Waals surface area contributed by atoms with Crippen molar-refractivity contribution in [1.29, 1.82) is 0 Å². The normalized spacial score (nSPS) is 32.7. The predicted molar refractivity (Wildman–Crippen MR) is 88.1 cm³/mol. The first-order valence-electron chi connectivity index (χ1n) is 8.97. The van der Waals surface area contributed by atoms with E-state index in [1.807, 2.05) is 0 Å². The molecule has 20 heavy (non-hydrogen) atoms. The summed E-state index contributed by atoms with van der Waals surface area (Å²) >= 11 is 0. The van der Waals surface area contributed by atoms with Crippen LogP contribution in [-0.4, -0.2) is 38.6 Å². The van der Waals surface area contributed by atoms with E-state index in [1.54, 1.807) is 0 Å². The van der Waals surface area contributed by atoms with E-state index in [0.717, 1.165) is 11.8 Å². The van der Waals surface area contributed by atoms with E-state index in [1.165, 1.54) is 77.4 Å². The summed E-state index contributed by atoms with van der Waals surface area (Å²) in [7, 11) is 4.49. The summed E-state index contributed by atoms with van der Waals surface area (Å²) in [5, 5.41) is 3.48. The van der Waals surface area contributed by atoms with Gasteiger partial charge in [-0.2, -0.15) is 0 Å². The molecule has 2 heteroatoms. The Labute approximate surface area is 126 Å². The van der Waals surface area contributed by atoms with Crippen molar-refractivity contribution in [2.24, 2.45) is 17.3 Å². The molecule has 2 fully saturated rings. The van der Waals surface area contributed by atoms with Crippen LogP contribution in [0.2, 0.25) is 0 Å². The van der Waals surface area contributed by atoms with Crippen molar-refractivity contribution in [1.82, 2.24) is 10.2 Å². The summed E-state index contributed by atoms with van der Waals surface area (Å²) < 4.78 is 0. The quantitative estimate of drug-likeness (QED) is 0.793. The van der Waals surface area contributed by atoms with Crippen LogP contribution in [0.25, 0.3) is 0 Å². The third-order valence-corrected chi connectivity index (χ3v) is 5.64. The van der Waals surface area contributed by atoms with Gasteiger partial charge < -0.3 is 10.2 Å². The highest BCUT2D eigenvalue weighted by atomic mass is 15.1. The molecular weight excluding hydrogens is 244 g/mol. The zero-order chi connectivity index (χ0) is 14.4. The molecule has 2 aliphatic rings. The Morgan fingerprint density at radius 1 is 1.10 bits per heavy atom. The number of hydrogen-bond donors (Lipinski definition) is 1. The van der Waals surface area contributed by atoms with Gasteiger partial charge in [0.2, 0.25) is 0 Å². The zero-order valence-corrected chi connectivity index (χ0v) is 14.1. The number of nitrogens with zero attached hydrogens (tertiary/aromatic N) is 1. The van der Waals surface area contributed by atoms with Gasteiger partial charge in [-0.15, -0.1) is 0 Å².